The second-order valence-corrected chi connectivity index (χ2v) is 2.93. The Kier molecular flexibility index (Phi) is 1.19. The molecule has 2 heteroatoms. The summed E-state index contributed by atoms with van der Waals surface area (Å²) in [5.41, 5.74) is 0. The third-order valence-electron chi connectivity index (χ3n) is 2.03. The molecule has 52 valence electrons. The van der Waals surface area contributed by atoms with Gasteiger partial charge in [-0.25, -0.2) is 9.97 Å². The van der Waals surface area contributed by atoms with E-state index in [1.165, 1.54) is 6.42 Å². The van der Waals surface area contributed by atoms with Crippen LogP contribution in [0.3, 0.4) is 0 Å². The Hall–Kier alpha value is -0.920. The number of rotatable bonds is 1. The zero-order chi connectivity index (χ0) is 6.97. The van der Waals surface area contributed by atoms with Gasteiger partial charge < -0.3 is 0 Å². The summed E-state index contributed by atoms with van der Waals surface area (Å²) in [6.45, 7) is 2.24. The van der Waals surface area contributed by atoms with E-state index in [4.69, 9.17) is 0 Å². The predicted octanol–water partition coefficient (Wildman–Crippen LogP) is 1.60. The summed E-state index contributed by atoms with van der Waals surface area (Å²) in [7, 11) is 0. The van der Waals surface area contributed by atoms with Gasteiger partial charge in [0.2, 0.25) is 0 Å². The molecule has 1 aliphatic carbocycles. The maximum atomic E-state index is 4.18. The molecular weight excluding hydrogens is 124 g/mol. The third-order valence-corrected chi connectivity index (χ3v) is 2.03. The lowest BCUT2D eigenvalue weighted by molar-refractivity contribution is 0.842. The lowest BCUT2D eigenvalue weighted by Crippen LogP contribution is -1.89. The van der Waals surface area contributed by atoms with Gasteiger partial charge in [-0.15, -0.1) is 0 Å². The first kappa shape index (κ1) is 5.83. The molecule has 2 atom stereocenters. The van der Waals surface area contributed by atoms with Crippen molar-refractivity contribution in [2.24, 2.45) is 5.92 Å². The van der Waals surface area contributed by atoms with Crippen LogP contribution in [0.1, 0.15) is 25.1 Å². The molecule has 1 aliphatic rings. The maximum Gasteiger partial charge on any atom is 0.131 e. The van der Waals surface area contributed by atoms with Crippen molar-refractivity contribution >= 4 is 0 Å². The van der Waals surface area contributed by atoms with E-state index in [2.05, 4.69) is 16.9 Å². The van der Waals surface area contributed by atoms with Crippen LogP contribution in [0.5, 0.6) is 0 Å². The van der Waals surface area contributed by atoms with Crippen molar-refractivity contribution in [3.05, 3.63) is 24.3 Å². The first-order valence-electron chi connectivity index (χ1n) is 3.65. The summed E-state index contributed by atoms with van der Waals surface area (Å²) in [6.07, 6.45) is 4.89. The van der Waals surface area contributed by atoms with Gasteiger partial charge in [0.1, 0.15) is 5.82 Å². The molecular formula is C8H10N2. The first-order valence-corrected chi connectivity index (χ1v) is 3.65. The van der Waals surface area contributed by atoms with Crippen LogP contribution in [-0.4, -0.2) is 9.97 Å². The van der Waals surface area contributed by atoms with Gasteiger partial charge in [-0.1, -0.05) is 6.92 Å². The van der Waals surface area contributed by atoms with Crippen LogP contribution in [0, 0.1) is 5.92 Å². The quantitative estimate of drug-likeness (QED) is 0.583. The van der Waals surface area contributed by atoms with Crippen LogP contribution in [0.25, 0.3) is 0 Å². The minimum atomic E-state index is 0.654. The molecule has 1 fully saturated rings. The molecule has 0 aromatic carbocycles. The number of hydrogen-bond donors (Lipinski definition) is 0. The smallest absolute Gasteiger partial charge is 0.131 e. The van der Waals surface area contributed by atoms with Crippen molar-refractivity contribution in [3.8, 4) is 0 Å². The molecule has 0 radical (unpaired) electrons. The fraction of sp³-hybridized carbons (Fsp3) is 0.500. The standard InChI is InChI=1S/C8H10N2/c1-6-5-7(6)8-9-3-2-4-10-8/h2-4,6-7H,5H2,1H3/t6-,7?/m1/s1. The molecule has 0 bridgehead atoms. The maximum absolute atomic E-state index is 4.18. The molecule has 1 heterocycles. The van der Waals surface area contributed by atoms with E-state index in [1.807, 2.05) is 18.5 Å². The van der Waals surface area contributed by atoms with Crippen molar-refractivity contribution in [2.45, 2.75) is 19.3 Å². The first-order chi connectivity index (χ1) is 4.88. The molecule has 0 amide bonds. The Bertz CT molecular complexity index is 220. The van der Waals surface area contributed by atoms with Gasteiger partial charge in [-0.05, 0) is 18.4 Å². The second kappa shape index (κ2) is 2.04. The Morgan fingerprint density at radius 1 is 1.40 bits per heavy atom. The molecule has 0 spiro atoms. The highest BCUT2D eigenvalue weighted by atomic mass is 14.9. The SMILES string of the molecule is C[C@@H]1CC1c1ncccn1. The molecule has 0 N–H and O–H groups in total. The summed E-state index contributed by atoms with van der Waals surface area (Å²) in [5, 5.41) is 0. The molecule has 1 unspecified atom stereocenters. The van der Waals surface area contributed by atoms with Gasteiger partial charge in [0.15, 0.2) is 0 Å². The summed E-state index contributed by atoms with van der Waals surface area (Å²) in [6, 6.07) is 1.86. The second-order valence-electron chi connectivity index (χ2n) is 2.93. The number of nitrogens with zero attached hydrogens (tertiary/aromatic N) is 2. The minimum absolute atomic E-state index is 0.654. The summed E-state index contributed by atoms with van der Waals surface area (Å²) < 4.78 is 0. The van der Waals surface area contributed by atoms with Crippen LogP contribution in [-0.2, 0) is 0 Å². The molecule has 1 aromatic heterocycles. The number of hydrogen-bond acceptors (Lipinski definition) is 2. The highest BCUT2D eigenvalue weighted by molar-refractivity contribution is 5.07. The Labute approximate surface area is 60.3 Å². The van der Waals surface area contributed by atoms with Gasteiger partial charge >= 0.3 is 0 Å². The Morgan fingerprint density at radius 2 is 2.00 bits per heavy atom. The van der Waals surface area contributed by atoms with Crippen LogP contribution in [0.4, 0.5) is 0 Å². The Balaban J connectivity index is 2.20. The highest BCUT2D eigenvalue weighted by Crippen LogP contribution is 2.44. The summed E-state index contributed by atoms with van der Waals surface area (Å²) >= 11 is 0. The summed E-state index contributed by atoms with van der Waals surface area (Å²) in [5.74, 6) is 2.48. The molecule has 2 nitrogen and oxygen atoms in total. The van der Waals surface area contributed by atoms with E-state index in [-0.39, 0.29) is 0 Å². The lowest BCUT2D eigenvalue weighted by Gasteiger charge is -1.92. The van der Waals surface area contributed by atoms with Gasteiger partial charge in [-0.3, -0.25) is 0 Å². The molecule has 1 aromatic rings. The topological polar surface area (TPSA) is 25.8 Å². The number of aromatic nitrogens is 2. The molecule has 10 heavy (non-hydrogen) atoms. The highest BCUT2D eigenvalue weighted by Gasteiger charge is 2.36. The fourth-order valence-corrected chi connectivity index (χ4v) is 1.18. The van der Waals surface area contributed by atoms with Crippen molar-refractivity contribution in [1.82, 2.24) is 9.97 Å². The molecule has 1 saturated carbocycles. The normalized spacial score (nSPS) is 30.1. The summed E-state index contributed by atoms with van der Waals surface area (Å²) in [4.78, 5) is 8.36. The largest absolute Gasteiger partial charge is 0.241 e. The fourth-order valence-electron chi connectivity index (χ4n) is 1.18. The van der Waals surface area contributed by atoms with Crippen molar-refractivity contribution < 1.29 is 0 Å². The molecule has 0 aliphatic heterocycles. The minimum Gasteiger partial charge on any atom is -0.241 e. The zero-order valence-electron chi connectivity index (χ0n) is 5.99. The Morgan fingerprint density at radius 3 is 2.50 bits per heavy atom. The van der Waals surface area contributed by atoms with Crippen molar-refractivity contribution in [2.75, 3.05) is 0 Å². The van der Waals surface area contributed by atoms with E-state index in [0.717, 1.165) is 11.7 Å². The van der Waals surface area contributed by atoms with Gasteiger partial charge in [0, 0.05) is 18.3 Å². The van der Waals surface area contributed by atoms with Crippen LogP contribution >= 0.6 is 0 Å². The van der Waals surface area contributed by atoms with Crippen LogP contribution in [0.2, 0.25) is 0 Å². The monoisotopic (exact) mass is 134 g/mol. The van der Waals surface area contributed by atoms with Gasteiger partial charge in [-0.2, -0.15) is 0 Å². The molecule has 0 saturated heterocycles. The van der Waals surface area contributed by atoms with Crippen molar-refractivity contribution in [3.63, 3.8) is 0 Å². The van der Waals surface area contributed by atoms with E-state index in [9.17, 15) is 0 Å². The lowest BCUT2D eigenvalue weighted by atomic mass is 10.3. The average Bonchev–Trinajstić information content (AvgIpc) is 2.69. The van der Waals surface area contributed by atoms with E-state index < -0.39 is 0 Å². The van der Waals surface area contributed by atoms with Gasteiger partial charge in [0.05, 0.1) is 0 Å². The van der Waals surface area contributed by atoms with Crippen LogP contribution in [0.15, 0.2) is 18.5 Å². The van der Waals surface area contributed by atoms with E-state index in [0.29, 0.717) is 5.92 Å². The van der Waals surface area contributed by atoms with Gasteiger partial charge in [0.25, 0.3) is 0 Å². The van der Waals surface area contributed by atoms with Crippen molar-refractivity contribution in [1.29, 1.82) is 0 Å². The molecule has 2 rings (SSSR count). The van der Waals surface area contributed by atoms with E-state index in [1.54, 1.807) is 0 Å². The third kappa shape index (κ3) is 0.897. The predicted molar refractivity (Wildman–Crippen MR) is 38.6 cm³/mol. The van der Waals surface area contributed by atoms with E-state index >= 15 is 0 Å². The average molecular weight is 134 g/mol. The van der Waals surface area contributed by atoms with Crippen LogP contribution < -0.4 is 0 Å². The zero-order valence-corrected chi connectivity index (χ0v) is 5.99.